The van der Waals surface area contributed by atoms with Crippen molar-refractivity contribution in [2.24, 2.45) is 0 Å². The normalized spacial score (nSPS) is 24.8. The van der Waals surface area contributed by atoms with Crippen LogP contribution < -0.4 is 0 Å². The number of carbonyl (C=O) groups excluding carboxylic acids is 2. The van der Waals surface area contributed by atoms with E-state index in [0.717, 1.165) is 25.9 Å². The Balaban J connectivity index is 1.89. The Morgan fingerprint density at radius 3 is 2.27 bits per heavy atom. The van der Waals surface area contributed by atoms with Crippen LogP contribution in [0.2, 0.25) is 0 Å². The van der Waals surface area contributed by atoms with Crippen LogP contribution in [-0.2, 0) is 19.4 Å². The van der Waals surface area contributed by atoms with Crippen LogP contribution in [0.1, 0.15) is 45.4 Å². The first kappa shape index (κ1) is 17.2. The Morgan fingerprint density at radius 1 is 1.14 bits per heavy atom. The largest absolute Gasteiger partial charge is 0.343 e. The highest BCUT2D eigenvalue weighted by Crippen LogP contribution is 2.19. The van der Waals surface area contributed by atoms with Crippen molar-refractivity contribution < 1.29 is 18.0 Å². The van der Waals surface area contributed by atoms with E-state index in [2.05, 4.69) is 0 Å². The Kier molecular flexibility index (Phi) is 5.83. The van der Waals surface area contributed by atoms with Crippen molar-refractivity contribution in [3.63, 3.8) is 0 Å². The van der Waals surface area contributed by atoms with Gasteiger partial charge in [-0.15, -0.1) is 0 Å². The summed E-state index contributed by atoms with van der Waals surface area (Å²) in [6.07, 6.45) is 5.20. The van der Waals surface area contributed by atoms with E-state index in [4.69, 9.17) is 0 Å². The van der Waals surface area contributed by atoms with Crippen LogP contribution in [0.3, 0.4) is 0 Å². The van der Waals surface area contributed by atoms with Gasteiger partial charge in [0.15, 0.2) is 9.84 Å². The van der Waals surface area contributed by atoms with E-state index in [9.17, 15) is 18.0 Å². The number of rotatable bonds is 4. The summed E-state index contributed by atoms with van der Waals surface area (Å²) in [4.78, 5) is 27.5. The molecule has 0 N–H and O–H groups in total. The zero-order valence-electron chi connectivity index (χ0n) is 13.3. The summed E-state index contributed by atoms with van der Waals surface area (Å²) in [5.41, 5.74) is 0. The molecule has 0 aliphatic carbocycles. The summed E-state index contributed by atoms with van der Waals surface area (Å²) < 4.78 is 23.2. The molecule has 0 aromatic rings. The number of sulfone groups is 1. The van der Waals surface area contributed by atoms with Gasteiger partial charge in [-0.2, -0.15) is 0 Å². The molecule has 6 nitrogen and oxygen atoms in total. The molecule has 22 heavy (non-hydrogen) atoms. The predicted molar refractivity (Wildman–Crippen MR) is 84.1 cm³/mol. The summed E-state index contributed by atoms with van der Waals surface area (Å²) >= 11 is 0. The maximum atomic E-state index is 12.3. The highest BCUT2D eigenvalue weighted by atomic mass is 32.2. The van der Waals surface area contributed by atoms with E-state index in [1.54, 1.807) is 4.90 Å². The molecule has 2 amide bonds. The molecule has 2 aliphatic rings. The van der Waals surface area contributed by atoms with E-state index >= 15 is 0 Å². The third kappa shape index (κ3) is 4.69. The first-order chi connectivity index (χ1) is 10.4. The van der Waals surface area contributed by atoms with Gasteiger partial charge in [-0.1, -0.05) is 12.8 Å². The second-order valence-corrected chi connectivity index (χ2v) is 8.54. The van der Waals surface area contributed by atoms with Crippen molar-refractivity contribution in [2.75, 3.05) is 31.1 Å². The fraction of sp³-hybridized carbons (Fsp3) is 0.867. The van der Waals surface area contributed by atoms with Gasteiger partial charge in [0, 0.05) is 39.0 Å². The lowest BCUT2D eigenvalue weighted by Crippen LogP contribution is -2.42. The standard InChI is InChI=1S/C15H26N2O4S/c1-13(18)17(14-7-11-22(20,21)12-14)10-6-15(19)16-8-4-2-3-5-9-16/h14H,2-12H2,1H3. The van der Waals surface area contributed by atoms with Gasteiger partial charge >= 0.3 is 0 Å². The number of hydrogen-bond acceptors (Lipinski definition) is 4. The molecular weight excluding hydrogens is 304 g/mol. The van der Waals surface area contributed by atoms with Crippen LogP contribution in [0.4, 0.5) is 0 Å². The van der Waals surface area contributed by atoms with Gasteiger partial charge in [-0.25, -0.2) is 8.42 Å². The van der Waals surface area contributed by atoms with Crippen molar-refractivity contribution in [1.82, 2.24) is 9.80 Å². The summed E-state index contributed by atoms with van der Waals surface area (Å²) in [6, 6.07) is -0.264. The summed E-state index contributed by atoms with van der Waals surface area (Å²) in [5, 5.41) is 0. The third-order valence-electron chi connectivity index (χ3n) is 4.58. The zero-order chi connectivity index (χ0) is 16.2. The second-order valence-electron chi connectivity index (χ2n) is 6.31. The Bertz CT molecular complexity index is 510. The lowest BCUT2D eigenvalue weighted by Gasteiger charge is -2.28. The number of nitrogens with zero attached hydrogens (tertiary/aromatic N) is 2. The van der Waals surface area contributed by atoms with Gasteiger partial charge in [0.2, 0.25) is 11.8 Å². The van der Waals surface area contributed by atoms with Gasteiger partial charge in [-0.3, -0.25) is 9.59 Å². The molecule has 2 aliphatic heterocycles. The van der Waals surface area contributed by atoms with Crippen molar-refractivity contribution in [2.45, 2.75) is 51.5 Å². The predicted octanol–water partition coefficient (Wildman–Crippen LogP) is 0.815. The first-order valence-corrected chi connectivity index (χ1v) is 9.96. The minimum absolute atomic E-state index is 0.0322. The number of likely N-dealkylation sites (tertiary alicyclic amines) is 1. The third-order valence-corrected chi connectivity index (χ3v) is 6.33. The van der Waals surface area contributed by atoms with Crippen molar-refractivity contribution in [1.29, 1.82) is 0 Å². The quantitative estimate of drug-likeness (QED) is 0.765. The fourth-order valence-corrected chi connectivity index (χ4v) is 5.04. The van der Waals surface area contributed by atoms with Crippen molar-refractivity contribution in [3.8, 4) is 0 Å². The SMILES string of the molecule is CC(=O)N(CCC(=O)N1CCCCCC1)C1CCS(=O)(=O)C1. The molecule has 0 spiro atoms. The molecule has 126 valence electrons. The molecule has 2 saturated heterocycles. The van der Waals surface area contributed by atoms with Crippen LogP contribution in [0.25, 0.3) is 0 Å². The van der Waals surface area contributed by atoms with Crippen LogP contribution in [-0.4, -0.2) is 67.2 Å². The average molecular weight is 330 g/mol. The van der Waals surface area contributed by atoms with E-state index in [1.807, 2.05) is 4.90 Å². The molecule has 0 radical (unpaired) electrons. The summed E-state index contributed by atoms with van der Waals surface area (Å²) in [6.45, 7) is 3.37. The molecular formula is C15H26N2O4S. The lowest BCUT2D eigenvalue weighted by molar-refractivity contribution is -0.134. The van der Waals surface area contributed by atoms with Gasteiger partial charge in [0.1, 0.15) is 0 Å². The molecule has 1 atom stereocenters. The highest BCUT2D eigenvalue weighted by Gasteiger charge is 2.33. The fourth-order valence-electron chi connectivity index (χ4n) is 3.31. The molecule has 0 saturated carbocycles. The van der Waals surface area contributed by atoms with E-state index in [0.29, 0.717) is 13.0 Å². The summed E-state index contributed by atoms with van der Waals surface area (Å²) in [7, 11) is -3.03. The van der Waals surface area contributed by atoms with Crippen LogP contribution in [0.15, 0.2) is 0 Å². The molecule has 2 fully saturated rings. The number of carbonyl (C=O) groups is 2. The Labute approximate surface area is 132 Å². The number of amides is 2. The van der Waals surface area contributed by atoms with Crippen molar-refractivity contribution in [3.05, 3.63) is 0 Å². The first-order valence-electron chi connectivity index (χ1n) is 8.14. The van der Waals surface area contributed by atoms with Crippen LogP contribution >= 0.6 is 0 Å². The van der Waals surface area contributed by atoms with Gasteiger partial charge in [-0.05, 0) is 19.3 Å². The van der Waals surface area contributed by atoms with Crippen LogP contribution in [0, 0.1) is 0 Å². The zero-order valence-corrected chi connectivity index (χ0v) is 14.1. The van der Waals surface area contributed by atoms with Crippen LogP contribution in [0.5, 0.6) is 0 Å². The Hall–Kier alpha value is -1.11. The average Bonchev–Trinajstić information content (AvgIpc) is 2.67. The topological polar surface area (TPSA) is 74.8 Å². The van der Waals surface area contributed by atoms with Gasteiger partial charge in [0.05, 0.1) is 11.5 Å². The molecule has 0 bridgehead atoms. The van der Waals surface area contributed by atoms with E-state index in [-0.39, 0.29) is 35.8 Å². The molecule has 0 aromatic heterocycles. The molecule has 1 unspecified atom stereocenters. The Morgan fingerprint density at radius 2 is 1.77 bits per heavy atom. The smallest absolute Gasteiger partial charge is 0.224 e. The number of hydrogen-bond donors (Lipinski definition) is 0. The summed E-state index contributed by atoms with van der Waals surface area (Å²) in [5.74, 6) is 0.103. The lowest BCUT2D eigenvalue weighted by atomic mass is 10.2. The maximum absolute atomic E-state index is 12.3. The molecule has 7 heteroatoms. The second kappa shape index (κ2) is 7.44. The van der Waals surface area contributed by atoms with E-state index in [1.165, 1.54) is 19.8 Å². The highest BCUT2D eigenvalue weighted by molar-refractivity contribution is 7.91. The molecule has 2 rings (SSSR count). The van der Waals surface area contributed by atoms with Gasteiger partial charge < -0.3 is 9.80 Å². The van der Waals surface area contributed by atoms with E-state index < -0.39 is 9.84 Å². The van der Waals surface area contributed by atoms with Gasteiger partial charge in [0.25, 0.3) is 0 Å². The van der Waals surface area contributed by atoms with Crippen molar-refractivity contribution >= 4 is 21.7 Å². The molecule has 2 heterocycles. The monoisotopic (exact) mass is 330 g/mol. The minimum Gasteiger partial charge on any atom is -0.343 e. The molecule has 0 aromatic carbocycles. The minimum atomic E-state index is -3.03. The maximum Gasteiger partial charge on any atom is 0.224 e.